The number of aromatic amines is 2. The van der Waals surface area contributed by atoms with Gasteiger partial charge in [0.2, 0.25) is 5.75 Å². The minimum absolute atomic E-state index is 0.297. The number of ether oxygens (including phenoxy) is 1. The predicted molar refractivity (Wildman–Crippen MR) is 141 cm³/mol. The molecule has 11 heteroatoms. The maximum atomic E-state index is 11.9. The fraction of sp³-hybridized carbons (Fsp3) is 0.296. The second-order valence-electron chi connectivity index (χ2n) is 9.02. The van der Waals surface area contributed by atoms with Gasteiger partial charge in [-0.05, 0) is 47.0 Å². The molecule has 0 aliphatic carbocycles. The number of benzene rings is 2. The lowest BCUT2D eigenvalue weighted by molar-refractivity contribution is 0.0342. The first kappa shape index (κ1) is 25.1. The molecule has 38 heavy (non-hydrogen) atoms. The standard InChI is InChI=1S/C27H28N8O3/c36-25-24(29-18-30-26(25)37)23(16-28-27-31-33-34-32-27)15-21-7-3-19(4-8-21)1-2-20-5-9-22(10-6-20)17-35-11-13-38-14-12-35/h3-10,18,23,36H,11-17H2,(H,29,30,37)(H2,28,31,32,33,34). The molecule has 1 unspecified atom stereocenters. The van der Waals surface area contributed by atoms with Crippen molar-refractivity contribution in [2.75, 3.05) is 38.2 Å². The molecule has 4 N–H and O–H groups in total. The van der Waals surface area contributed by atoms with Gasteiger partial charge in [-0.15, -0.1) is 5.10 Å². The van der Waals surface area contributed by atoms with E-state index in [1.165, 1.54) is 11.9 Å². The molecule has 0 amide bonds. The minimum atomic E-state index is -0.584. The third kappa shape index (κ3) is 6.61. The number of hydrogen-bond donors (Lipinski definition) is 4. The molecule has 4 aromatic rings. The molecule has 2 aromatic carbocycles. The van der Waals surface area contributed by atoms with Gasteiger partial charge in [0.1, 0.15) is 0 Å². The lowest BCUT2D eigenvalue weighted by Gasteiger charge is -2.26. The Bertz CT molecular complexity index is 1430. The first-order valence-corrected chi connectivity index (χ1v) is 12.4. The minimum Gasteiger partial charge on any atom is -0.502 e. The Labute approximate surface area is 219 Å². The van der Waals surface area contributed by atoms with Crippen LogP contribution in [-0.4, -0.2) is 73.4 Å². The van der Waals surface area contributed by atoms with E-state index in [1.54, 1.807) is 0 Å². The molecule has 11 nitrogen and oxygen atoms in total. The zero-order chi connectivity index (χ0) is 26.2. The number of nitrogens with zero attached hydrogens (tertiary/aromatic N) is 5. The van der Waals surface area contributed by atoms with Crippen LogP contribution in [0, 0.1) is 11.8 Å². The van der Waals surface area contributed by atoms with Crippen LogP contribution in [0.2, 0.25) is 0 Å². The van der Waals surface area contributed by atoms with Crippen molar-refractivity contribution in [3.05, 3.63) is 93.2 Å². The summed E-state index contributed by atoms with van der Waals surface area (Å²) in [6.45, 7) is 4.79. The Hall–Kier alpha value is -4.53. The van der Waals surface area contributed by atoms with E-state index in [-0.39, 0.29) is 5.92 Å². The highest BCUT2D eigenvalue weighted by Crippen LogP contribution is 2.24. The maximum absolute atomic E-state index is 11.9. The summed E-state index contributed by atoms with van der Waals surface area (Å²) in [6, 6.07) is 16.3. The molecule has 5 rings (SSSR count). The van der Waals surface area contributed by atoms with Crippen LogP contribution in [0.15, 0.2) is 59.7 Å². The van der Waals surface area contributed by atoms with Gasteiger partial charge in [0.15, 0.2) is 0 Å². The van der Waals surface area contributed by atoms with E-state index in [2.05, 4.69) is 76.9 Å². The van der Waals surface area contributed by atoms with Crippen LogP contribution in [-0.2, 0) is 17.7 Å². The fourth-order valence-corrected chi connectivity index (χ4v) is 4.29. The second-order valence-corrected chi connectivity index (χ2v) is 9.02. The molecule has 3 heterocycles. The topological polar surface area (TPSA) is 145 Å². The Morgan fingerprint density at radius 3 is 2.37 bits per heavy atom. The first-order valence-electron chi connectivity index (χ1n) is 12.4. The smallest absolute Gasteiger partial charge is 0.293 e. The highest BCUT2D eigenvalue weighted by Gasteiger charge is 2.20. The van der Waals surface area contributed by atoms with Gasteiger partial charge in [0.25, 0.3) is 11.5 Å². The van der Waals surface area contributed by atoms with E-state index >= 15 is 0 Å². The lowest BCUT2D eigenvalue weighted by Crippen LogP contribution is -2.35. The molecule has 0 bridgehead atoms. The number of aromatic nitrogens is 6. The third-order valence-corrected chi connectivity index (χ3v) is 6.35. The van der Waals surface area contributed by atoms with Crippen LogP contribution in [0.5, 0.6) is 5.75 Å². The van der Waals surface area contributed by atoms with Crippen LogP contribution in [0.1, 0.15) is 33.9 Å². The SMILES string of the molecule is O=c1[nH]cnc(C(CNc2nn[nH]n2)Cc2ccc(C#Cc3ccc(CN4CCOCC4)cc3)cc2)c1O. The Morgan fingerprint density at radius 2 is 1.71 bits per heavy atom. The van der Waals surface area contributed by atoms with E-state index in [9.17, 15) is 9.90 Å². The molecule has 194 valence electrons. The van der Waals surface area contributed by atoms with Gasteiger partial charge in [0, 0.05) is 43.2 Å². The van der Waals surface area contributed by atoms with E-state index in [0.29, 0.717) is 24.6 Å². The van der Waals surface area contributed by atoms with E-state index in [1.807, 2.05) is 24.3 Å². The predicted octanol–water partition coefficient (Wildman–Crippen LogP) is 1.66. The summed E-state index contributed by atoms with van der Waals surface area (Å²) < 4.78 is 5.41. The highest BCUT2D eigenvalue weighted by atomic mass is 16.5. The fourth-order valence-electron chi connectivity index (χ4n) is 4.29. The van der Waals surface area contributed by atoms with Gasteiger partial charge >= 0.3 is 0 Å². The van der Waals surface area contributed by atoms with Crippen molar-refractivity contribution in [1.29, 1.82) is 0 Å². The van der Waals surface area contributed by atoms with Crippen LogP contribution in [0.4, 0.5) is 5.95 Å². The molecule has 0 saturated carbocycles. The quantitative estimate of drug-likeness (QED) is 0.259. The highest BCUT2D eigenvalue weighted by molar-refractivity contribution is 5.44. The van der Waals surface area contributed by atoms with Crippen molar-refractivity contribution >= 4 is 5.95 Å². The van der Waals surface area contributed by atoms with Crippen LogP contribution >= 0.6 is 0 Å². The van der Waals surface area contributed by atoms with Gasteiger partial charge in [-0.2, -0.15) is 5.21 Å². The van der Waals surface area contributed by atoms with Gasteiger partial charge in [0.05, 0.1) is 25.2 Å². The number of aromatic hydroxyl groups is 1. The van der Waals surface area contributed by atoms with E-state index < -0.39 is 11.3 Å². The maximum Gasteiger partial charge on any atom is 0.293 e. The molecule has 1 saturated heterocycles. The molecule has 1 fully saturated rings. The largest absolute Gasteiger partial charge is 0.502 e. The second kappa shape index (κ2) is 12.1. The van der Waals surface area contributed by atoms with Crippen molar-refractivity contribution < 1.29 is 9.84 Å². The average Bonchev–Trinajstić information content (AvgIpc) is 3.47. The molecular formula is C27H28N8O3. The van der Waals surface area contributed by atoms with Gasteiger partial charge in [-0.25, -0.2) is 4.98 Å². The number of H-pyrrole nitrogens is 2. The first-order chi connectivity index (χ1) is 18.6. The monoisotopic (exact) mass is 512 g/mol. The number of tetrazole rings is 1. The molecule has 0 radical (unpaired) electrons. The Kier molecular flexibility index (Phi) is 8.03. The molecule has 0 spiro atoms. The van der Waals surface area contributed by atoms with Crippen molar-refractivity contribution in [2.24, 2.45) is 0 Å². The van der Waals surface area contributed by atoms with Gasteiger partial charge in [-0.3, -0.25) is 9.69 Å². The molecule has 1 aliphatic rings. The van der Waals surface area contributed by atoms with Crippen molar-refractivity contribution in [2.45, 2.75) is 18.9 Å². The third-order valence-electron chi connectivity index (χ3n) is 6.35. The average molecular weight is 513 g/mol. The summed E-state index contributed by atoms with van der Waals surface area (Å²) >= 11 is 0. The van der Waals surface area contributed by atoms with Crippen molar-refractivity contribution in [1.82, 2.24) is 35.5 Å². The number of morpholine rings is 1. The summed E-state index contributed by atoms with van der Waals surface area (Å²) in [6.07, 6.45) is 1.81. The molecular weight excluding hydrogens is 484 g/mol. The number of anilines is 1. The zero-order valence-corrected chi connectivity index (χ0v) is 20.7. The number of nitrogens with one attached hydrogen (secondary N) is 3. The van der Waals surface area contributed by atoms with Gasteiger partial charge < -0.3 is 20.1 Å². The van der Waals surface area contributed by atoms with Crippen LogP contribution < -0.4 is 10.9 Å². The summed E-state index contributed by atoms with van der Waals surface area (Å²) in [5, 5.41) is 27.1. The number of rotatable bonds is 8. The van der Waals surface area contributed by atoms with E-state index in [4.69, 9.17) is 4.74 Å². The lowest BCUT2D eigenvalue weighted by atomic mass is 9.94. The summed E-state index contributed by atoms with van der Waals surface area (Å²) in [5.74, 6) is 6.06. The van der Waals surface area contributed by atoms with Crippen molar-refractivity contribution in [3.63, 3.8) is 0 Å². The summed E-state index contributed by atoms with van der Waals surface area (Å²) in [5.41, 5.74) is 3.84. The zero-order valence-electron chi connectivity index (χ0n) is 20.7. The van der Waals surface area contributed by atoms with Gasteiger partial charge in [-0.1, -0.05) is 41.2 Å². The molecule has 1 atom stereocenters. The Morgan fingerprint density at radius 1 is 1.03 bits per heavy atom. The Balaban J connectivity index is 1.24. The summed E-state index contributed by atoms with van der Waals surface area (Å²) in [4.78, 5) is 20.9. The summed E-state index contributed by atoms with van der Waals surface area (Å²) in [7, 11) is 0. The molecule has 1 aliphatic heterocycles. The van der Waals surface area contributed by atoms with Crippen LogP contribution in [0.3, 0.4) is 0 Å². The van der Waals surface area contributed by atoms with Crippen LogP contribution in [0.25, 0.3) is 0 Å². The van der Waals surface area contributed by atoms with Crippen molar-refractivity contribution in [3.8, 4) is 17.6 Å². The molecule has 2 aromatic heterocycles. The number of hydrogen-bond acceptors (Lipinski definition) is 9. The van der Waals surface area contributed by atoms with E-state index in [0.717, 1.165) is 49.5 Å². The normalized spacial score (nSPS) is 14.4.